The summed E-state index contributed by atoms with van der Waals surface area (Å²) in [6.07, 6.45) is 0. The first kappa shape index (κ1) is 13.4. The van der Waals surface area contributed by atoms with Gasteiger partial charge in [-0.1, -0.05) is 12.1 Å². The summed E-state index contributed by atoms with van der Waals surface area (Å²) in [4.78, 5) is 0. The predicted octanol–water partition coefficient (Wildman–Crippen LogP) is 4.16. The van der Waals surface area contributed by atoms with Crippen LogP contribution < -0.4 is 5.32 Å². The third-order valence-corrected chi connectivity index (χ3v) is 2.72. The van der Waals surface area contributed by atoms with E-state index in [9.17, 15) is 17.6 Å². The number of rotatable bonds is 3. The summed E-state index contributed by atoms with van der Waals surface area (Å²) >= 11 is 0. The van der Waals surface area contributed by atoms with Crippen LogP contribution in [0.2, 0.25) is 0 Å². The lowest BCUT2D eigenvalue weighted by molar-refractivity contribution is 0.496. The molecule has 0 aromatic heterocycles. The van der Waals surface area contributed by atoms with Crippen molar-refractivity contribution >= 4 is 5.69 Å². The van der Waals surface area contributed by atoms with Gasteiger partial charge in [-0.05, 0) is 24.1 Å². The first-order valence-electron chi connectivity index (χ1n) is 5.61. The van der Waals surface area contributed by atoms with Gasteiger partial charge in [0, 0.05) is 18.7 Å². The highest BCUT2D eigenvalue weighted by molar-refractivity contribution is 5.46. The Morgan fingerprint density at radius 1 is 0.842 bits per heavy atom. The van der Waals surface area contributed by atoms with E-state index in [1.165, 1.54) is 12.1 Å². The number of halogens is 4. The molecule has 0 amide bonds. The van der Waals surface area contributed by atoms with Crippen LogP contribution in [0, 0.1) is 30.2 Å². The Bertz CT molecular complexity index is 611. The molecule has 2 aromatic carbocycles. The summed E-state index contributed by atoms with van der Waals surface area (Å²) in [5, 5.41) is 2.64. The first-order valence-corrected chi connectivity index (χ1v) is 5.61. The Kier molecular flexibility index (Phi) is 3.74. The molecule has 2 rings (SSSR count). The van der Waals surface area contributed by atoms with E-state index < -0.39 is 17.5 Å². The lowest BCUT2D eigenvalue weighted by atomic mass is 10.1. The van der Waals surface area contributed by atoms with E-state index >= 15 is 0 Å². The van der Waals surface area contributed by atoms with Gasteiger partial charge in [-0.3, -0.25) is 0 Å². The van der Waals surface area contributed by atoms with Crippen molar-refractivity contribution in [2.45, 2.75) is 13.5 Å². The zero-order valence-corrected chi connectivity index (χ0v) is 10.1. The molecular formula is C14H11F4N. The average molecular weight is 269 g/mol. The SMILES string of the molecule is Cc1cc(CNc2cc(F)c(F)cc2F)ccc1F. The van der Waals surface area contributed by atoms with Crippen molar-refractivity contribution in [3.8, 4) is 0 Å². The number of anilines is 1. The quantitative estimate of drug-likeness (QED) is 0.651. The molecule has 0 radical (unpaired) electrons. The summed E-state index contributed by atoms with van der Waals surface area (Å²) < 4.78 is 52.1. The van der Waals surface area contributed by atoms with Crippen molar-refractivity contribution in [3.05, 3.63) is 64.7 Å². The summed E-state index contributed by atoms with van der Waals surface area (Å²) in [5.41, 5.74) is 1.04. The molecule has 0 saturated carbocycles. The fraction of sp³-hybridized carbons (Fsp3) is 0.143. The molecule has 5 heteroatoms. The molecule has 100 valence electrons. The van der Waals surface area contributed by atoms with Crippen molar-refractivity contribution in [1.29, 1.82) is 0 Å². The second kappa shape index (κ2) is 5.30. The van der Waals surface area contributed by atoms with E-state index in [1.54, 1.807) is 13.0 Å². The highest BCUT2D eigenvalue weighted by Gasteiger charge is 2.09. The third-order valence-electron chi connectivity index (χ3n) is 2.72. The zero-order chi connectivity index (χ0) is 14.0. The Balaban J connectivity index is 2.14. The predicted molar refractivity (Wildman–Crippen MR) is 64.8 cm³/mol. The van der Waals surface area contributed by atoms with Crippen LogP contribution in [0.25, 0.3) is 0 Å². The molecule has 0 unspecified atom stereocenters. The van der Waals surface area contributed by atoms with Crippen LogP contribution in [-0.2, 0) is 6.54 Å². The smallest absolute Gasteiger partial charge is 0.161 e. The van der Waals surface area contributed by atoms with Crippen LogP contribution in [0.4, 0.5) is 23.2 Å². The van der Waals surface area contributed by atoms with Crippen molar-refractivity contribution in [2.75, 3.05) is 5.32 Å². The van der Waals surface area contributed by atoms with E-state index in [0.717, 1.165) is 6.07 Å². The standard InChI is InChI=1S/C14H11F4N/c1-8-4-9(2-3-10(8)15)7-19-14-6-12(17)11(16)5-13(14)18/h2-6,19H,7H2,1H3. The van der Waals surface area contributed by atoms with E-state index in [0.29, 0.717) is 17.2 Å². The molecular weight excluding hydrogens is 258 g/mol. The second-order valence-corrected chi connectivity index (χ2v) is 4.18. The lowest BCUT2D eigenvalue weighted by Gasteiger charge is -2.09. The number of hydrogen-bond donors (Lipinski definition) is 1. The largest absolute Gasteiger partial charge is 0.379 e. The van der Waals surface area contributed by atoms with E-state index in [1.807, 2.05) is 0 Å². The summed E-state index contributed by atoms with van der Waals surface area (Å²) in [7, 11) is 0. The Morgan fingerprint density at radius 2 is 1.53 bits per heavy atom. The van der Waals surface area contributed by atoms with Gasteiger partial charge in [0.25, 0.3) is 0 Å². The molecule has 2 aromatic rings. The fourth-order valence-electron chi connectivity index (χ4n) is 1.67. The van der Waals surface area contributed by atoms with Gasteiger partial charge in [-0.25, -0.2) is 17.6 Å². The van der Waals surface area contributed by atoms with Crippen LogP contribution >= 0.6 is 0 Å². The summed E-state index contributed by atoms with van der Waals surface area (Å²) in [5.74, 6) is -3.57. The van der Waals surface area contributed by atoms with E-state index in [-0.39, 0.29) is 18.0 Å². The lowest BCUT2D eigenvalue weighted by Crippen LogP contribution is -2.03. The molecule has 1 nitrogen and oxygen atoms in total. The monoisotopic (exact) mass is 269 g/mol. The molecule has 0 atom stereocenters. The maximum absolute atomic E-state index is 13.3. The number of benzene rings is 2. The normalized spacial score (nSPS) is 10.6. The van der Waals surface area contributed by atoms with Crippen molar-refractivity contribution in [3.63, 3.8) is 0 Å². The van der Waals surface area contributed by atoms with Crippen molar-refractivity contribution < 1.29 is 17.6 Å². The molecule has 19 heavy (non-hydrogen) atoms. The zero-order valence-electron chi connectivity index (χ0n) is 10.1. The summed E-state index contributed by atoms with van der Waals surface area (Å²) in [6.45, 7) is 1.79. The molecule has 0 spiro atoms. The van der Waals surface area contributed by atoms with Crippen LogP contribution in [0.5, 0.6) is 0 Å². The van der Waals surface area contributed by atoms with Gasteiger partial charge in [0.15, 0.2) is 11.6 Å². The topological polar surface area (TPSA) is 12.0 Å². The molecule has 0 fully saturated rings. The summed E-state index contributed by atoms with van der Waals surface area (Å²) in [6, 6.07) is 5.66. The highest BCUT2D eigenvalue weighted by Crippen LogP contribution is 2.19. The number of hydrogen-bond acceptors (Lipinski definition) is 1. The maximum atomic E-state index is 13.3. The first-order chi connectivity index (χ1) is 8.97. The molecule has 0 aliphatic heterocycles. The minimum atomic E-state index is -1.24. The Labute approximate surface area is 107 Å². The molecule has 0 heterocycles. The number of aryl methyl sites for hydroxylation is 1. The number of nitrogens with one attached hydrogen (secondary N) is 1. The van der Waals surface area contributed by atoms with Crippen molar-refractivity contribution in [1.82, 2.24) is 0 Å². The van der Waals surface area contributed by atoms with E-state index in [4.69, 9.17) is 0 Å². The minimum Gasteiger partial charge on any atom is -0.379 e. The highest BCUT2D eigenvalue weighted by atomic mass is 19.2. The Morgan fingerprint density at radius 3 is 2.21 bits per heavy atom. The van der Waals surface area contributed by atoms with Gasteiger partial charge in [-0.15, -0.1) is 0 Å². The van der Waals surface area contributed by atoms with Gasteiger partial charge in [-0.2, -0.15) is 0 Å². The molecule has 0 bridgehead atoms. The Hall–Kier alpha value is -2.04. The van der Waals surface area contributed by atoms with Crippen LogP contribution in [0.3, 0.4) is 0 Å². The minimum absolute atomic E-state index is 0.138. The molecule has 0 aliphatic rings. The van der Waals surface area contributed by atoms with Gasteiger partial charge >= 0.3 is 0 Å². The maximum Gasteiger partial charge on any atom is 0.161 e. The molecule has 1 N–H and O–H groups in total. The van der Waals surface area contributed by atoms with Crippen LogP contribution in [-0.4, -0.2) is 0 Å². The fourth-order valence-corrected chi connectivity index (χ4v) is 1.67. The average Bonchev–Trinajstić information content (AvgIpc) is 2.36. The van der Waals surface area contributed by atoms with E-state index in [2.05, 4.69) is 5.32 Å². The van der Waals surface area contributed by atoms with Gasteiger partial charge < -0.3 is 5.32 Å². The van der Waals surface area contributed by atoms with Gasteiger partial charge in [0.1, 0.15) is 11.6 Å². The third kappa shape index (κ3) is 3.05. The van der Waals surface area contributed by atoms with Gasteiger partial charge in [0.05, 0.1) is 5.69 Å². The second-order valence-electron chi connectivity index (χ2n) is 4.18. The van der Waals surface area contributed by atoms with Gasteiger partial charge in [0.2, 0.25) is 0 Å². The van der Waals surface area contributed by atoms with Crippen LogP contribution in [0.15, 0.2) is 30.3 Å². The van der Waals surface area contributed by atoms with Crippen LogP contribution in [0.1, 0.15) is 11.1 Å². The molecule has 0 aliphatic carbocycles. The van der Waals surface area contributed by atoms with Crippen molar-refractivity contribution in [2.24, 2.45) is 0 Å². The molecule has 0 saturated heterocycles.